The topological polar surface area (TPSA) is 9.23 Å². The predicted molar refractivity (Wildman–Crippen MR) is 95.6 cm³/mol. The Labute approximate surface area is 141 Å². The summed E-state index contributed by atoms with van der Waals surface area (Å²) in [7, 11) is 0. The molecule has 1 aliphatic carbocycles. The summed E-state index contributed by atoms with van der Waals surface area (Å²) in [6.45, 7) is 4.68. The molecule has 0 amide bonds. The Hall–Kier alpha value is -1.05. The van der Waals surface area contributed by atoms with Crippen molar-refractivity contribution in [2.75, 3.05) is 6.61 Å². The zero-order valence-electron chi connectivity index (χ0n) is 14.8. The maximum atomic E-state index is 14.4. The standard InChI is InChI=1S/C21H33FO/c1-3-8-17-11-13-19(14-12-17)18(4-2)15-20(22)16-23-21-9-6-5-7-10-21/h5-7,9-10,17-20H,3-4,8,11-16H2,1-2H3. The number of rotatable bonds is 9. The molecule has 0 N–H and O–H groups in total. The van der Waals surface area contributed by atoms with E-state index >= 15 is 0 Å². The van der Waals surface area contributed by atoms with E-state index < -0.39 is 6.17 Å². The molecule has 1 aliphatic rings. The van der Waals surface area contributed by atoms with Gasteiger partial charge in [0.25, 0.3) is 0 Å². The number of alkyl halides is 1. The molecule has 23 heavy (non-hydrogen) atoms. The highest BCUT2D eigenvalue weighted by Gasteiger charge is 2.28. The summed E-state index contributed by atoms with van der Waals surface area (Å²) in [6.07, 6.45) is 8.88. The Kier molecular flexibility index (Phi) is 7.91. The Morgan fingerprint density at radius 3 is 2.39 bits per heavy atom. The quantitative estimate of drug-likeness (QED) is 0.509. The zero-order chi connectivity index (χ0) is 16.5. The highest BCUT2D eigenvalue weighted by Crippen LogP contribution is 2.38. The average molecular weight is 320 g/mol. The highest BCUT2D eigenvalue weighted by atomic mass is 19.1. The molecule has 1 fully saturated rings. The molecule has 0 aromatic heterocycles. The van der Waals surface area contributed by atoms with Crippen molar-refractivity contribution in [1.29, 1.82) is 0 Å². The van der Waals surface area contributed by atoms with Gasteiger partial charge in [-0.1, -0.05) is 64.2 Å². The highest BCUT2D eigenvalue weighted by molar-refractivity contribution is 5.20. The smallest absolute Gasteiger partial charge is 0.134 e. The third-order valence-corrected chi connectivity index (χ3v) is 5.51. The van der Waals surface area contributed by atoms with E-state index in [0.717, 1.165) is 24.0 Å². The van der Waals surface area contributed by atoms with E-state index in [1.54, 1.807) is 0 Å². The van der Waals surface area contributed by atoms with Crippen LogP contribution in [0.3, 0.4) is 0 Å². The van der Waals surface area contributed by atoms with Crippen molar-refractivity contribution in [2.45, 2.75) is 71.4 Å². The molecule has 0 saturated heterocycles. The molecule has 130 valence electrons. The van der Waals surface area contributed by atoms with Crippen LogP contribution >= 0.6 is 0 Å². The second-order valence-corrected chi connectivity index (χ2v) is 7.19. The van der Waals surface area contributed by atoms with Gasteiger partial charge in [-0.05, 0) is 49.1 Å². The first kappa shape index (κ1) is 18.3. The molecule has 1 saturated carbocycles. The minimum atomic E-state index is -0.853. The van der Waals surface area contributed by atoms with Crippen molar-refractivity contribution in [3.63, 3.8) is 0 Å². The van der Waals surface area contributed by atoms with Crippen LogP contribution in [0.2, 0.25) is 0 Å². The van der Waals surface area contributed by atoms with Crippen molar-refractivity contribution in [2.24, 2.45) is 17.8 Å². The molecule has 2 heteroatoms. The predicted octanol–water partition coefficient (Wildman–Crippen LogP) is 6.43. The largest absolute Gasteiger partial charge is 0.491 e. The SMILES string of the molecule is CCCC1CCC(C(CC)CC(F)COc2ccccc2)CC1. The molecule has 0 bridgehead atoms. The van der Waals surface area contributed by atoms with Crippen LogP contribution in [0.5, 0.6) is 5.75 Å². The van der Waals surface area contributed by atoms with Crippen LogP contribution in [0.25, 0.3) is 0 Å². The molecular weight excluding hydrogens is 287 g/mol. The molecule has 2 unspecified atom stereocenters. The lowest BCUT2D eigenvalue weighted by Crippen LogP contribution is -2.26. The van der Waals surface area contributed by atoms with Crippen LogP contribution in [0, 0.1) is 17.8 Å². The summed E-state index contributed by atoms with van der Waals surface area (Å²) >= 11 is 0. The van der Waals surface area contributed by atoms with E-state index in [1.165, 1.54) is 38.5 Å². The molecule has 2 rings (SSSR count). The Morgan fingerprint density at radius 1 is 1.09 bits per heavy atom. The van der Waals surface area contributed by atoms with Gasteiger partial charge in [-0.15, -0.1) is 0 Å². The maximum absolute atomic E-state index is 14.4. The van der Waals surface area contributed by atoms with Crippen molar-refractivity contribution in [1.82, 2.24) is 0 Å². The molecule has 1 aromatic carbocycles. The van der Waals surface area contributed by atoms with E-state index in [9.17, 15) is 4.39 Å². The number of benzene rings is 1. The van der Waals surface area contributed by atoms with Crippen molar-refractivity contribution in [3.05, 3.63) is 30.3 Å². The summed E-state index contributed by atoms with van der Waals surface area (Å²) in [5.41, 5.74) is 0. The first-order valence-electron chi connectivity index (χ1n) is 9.54. The Bertz CT molecular complexity index is 411. The van der Waals surface area contributed by atoms with Crippen LogP contribution in [-0.2, 0) is 0 Å². The van der Waals surface area contributed by atoms with Gasteiger partial charge in [0.2, 0.25) is 0 Å². The fraction of sp³-hybridized carbons (Fsp3) is 0.714. The number of halogens is 1. The molecule has 0 heterocycles. The molecule has 0 spiro atoms. The summed E-state index contributed by atoms with van der Waals surface area (Å²) in [5.74, 6) is 2.94. The number of hydrogen-bond donors (Lipinski definition) is 0. The summed E-state index contributed by atoms with van der Waals surface area (Å²) in [4.78, 5) is 0. The van der Waals surface area contributed by atoms with Crippen molar-refractivity contribution in [3.8, 4) is 5.75 Å². The monoisotopic (exact) mass is 320 g/mol. The van der Waals surface area contributed by atoms with Crippen molar-refractivity contribution >= 4 is 0 Å². The third kappa shape index (κ3) is 6.16. The van der Waals surface area contributed by atoms with E-state index in [-0.39, 0.29) is 6.61 Å². The second-order valence-electron chi connectivity index (χ2n) is 7.19. The van der Waals surface area contributed by atoms with Gasteiger partial charge >= 0.3 is 0 Å². The fourth-order valence-corrected chi connectivity index (χ4v) is 4.15. The second kappa shape index (κ2) is 9.95. The van der Waals surface area contributed by atoms with Crippen LogP contribution in [0.1, 0.15) is 65.2 Å². The lowest BCUT2D eigenvalue weighted by Gasteiger charge is -2.34. The lowest BCUT2D eigenvalue weighted by atomic mass is 9.72. The number of ether oxygens (including phenoxy) is 1. The lowest BCUT2D eigenvalue weighted by molar-refractivity contribution is 0.123. The van der Waals surface area contributed by atoms with Gasteiger partial charge in [0.05, 0.1) is 0 Å². The van der Waals surface area contributed by atoms with Crippen LogP contribution in [-0.4, -0.2) is 12.8 Å². The average Bonchev–Trinajstić information content (AvgIpc) is 2.60. The van der Waals surface area contributed by atoms with Crippen LogP contribution in [0.4, 0.5) is 4.39 Å². The van der Waals surface area contributed by atoms with Gasteiger partial charge in [-0.2, -0.15) is 0 Å². The Morgan fingerprint density at radius 2 is 1.78 bits per heavy atom. The summed E-state index contributed by atoms with van der Waals surface area (Å²) in [6, 6.07) is 9.57. The zero-order valence-corrected chi connectivity index (χ0v) is 14.8. The van der Waals surface area contributed by atoms with Crippen molar-refractivity contribution < 1.29 is 9.13 Å². The van der Waals surface area contributed by atoms with Gasteiger partial charge in [-0.3, -0.25) is 0 Å². The summed E-state index contributed by atoms with van der Waals surface area (Å²) in [5, 5.41) is 0. The number of hydrogen-bond acceptors (Lipinski definition) is 1. The first-order chi connectivity index (χ1) is 11.2. The van der Waals surface area contributed by atoms with Crippen LogP contribution < -0.4 is 4.74 Å². The van der Waals surface area contributed by atoms with Gasteiger partial charge in [-0.25, -0.2) is 4.39 Å². The van der Waals surface area contributed by atoms with E-state index in [1.807, 2.05) is 30.3 Å². The third-order valence-electron chi connectivity index (χ3n) is 5.51. The molecule has 0 aliphatic heterocycles. The van der Waals surface area contributed by atoms with Gasteiger partial charge in [0.15, 0.2) is 0 Å². The van der Waals surface area contributed by atoms with Gasteiger partial charge in [0, 0.05) is 0 Å². The minimum absolute atomic E-state index is 0.186. The first-order valence-corrected chi connectivity index (χ1v) is 9.54. The molecule has 1 aromatic rings. The van der Waals surface area contributed by atoms with E-state index in [4.69, 9.17) is 4.74 Å². The van der Waals surface area contributed by atoms with Gasteiger partial charge < -0.3 is 4.74 Å². The molecule has 2 atom stereocenters. The maximum Gasteiger partial charge on any atom is 0.134 e. The number of para-hydroxylation sites is 1. The molecular formula is C21H33FO. The van der Waals surface area contributed by atoms with E-state index in [0.29, 0.717) is 12.3 Å². The normalized spacial score (nSPS) is 24.1. The summed E-state index contributed by atoms with van der Waals surface area (Å²) < 4.78 is 19.9. The minimum Gasteiger partial charge on any atom is -0.491 e. The fourth-order valence-electron chi connectivity index (χ4n) is 4.15. The molecule has 1 nitrogen and oxygen atoms in total. The van der Waals surface area contributed by atoms with Gasteiger partial charge in [0.1, 0.15) is 18.5 Å². The van der Waals surface area contributed by atoms with Crippen LogP contribution in [0.15, 0.2) is 30.3 Å². The Balaban J connectivity index is 1.73. The van der Waals surface area contributed by atoms with E-state index in [2.05, 4.69) is 13.8 Å². The molecule has 0 radical (unpaired) electrons.